The highest BCUT2D eigenvalue weighted by Gasteiger charge is 2.23. The van der Waals surface area contributed by atoms with Gasteiger partial charge in [-0.15, -0.1) is 10.1 Å². The Morgan fingerprint density at radius 3 is 2.75 bits per heavy atom. The fourth-order valence-corrected chi connectivity index (χ4v) is 2.58. The summed E-state index contributed by atoms with van der Waals surface area (Å²) in [6.07, 6.45) is 6.76. The van der Waals surface area contributed by atoms with Gasteiger partial charge in [0.15, 0.2) is 0 Å². The molecule has 0 saturated carbocycles. The maximum absolute atomic E-state index is 12.4. The van der Waals surface area contributed by atoms with Crippen LogP contribution in [0.2, 0.25) is 0 Å². The monoisotopic (exact) mass is 448 g/mol. The van der Waals surface area contributed by atoms with Gasteiger partial charge in [0.2, 0.25) is 5.91 Å². The second-order valence-electron chi connectivity index (χ2n) is 6.56. The topological polar surface area (TPSA) is 178 Å². The van der Waals surface area contributed by atoms with Crippen LogP contribution in [0.1, 0.15) is 35.3 Å². The van der Waals surface area contributed by atoms with Crippen LogP contribution < -0.4 is 10.6 Å². The van der Waals surface area contributed by atoms with Crippen LogP contribution in [0, 0.1) is 10.1 Å². The molecule has 0 aliphatic heterocycles. The highest BCUT2D eigenvalue weighted by Crippen LogP contribution is 2.03. The van der Waals surface area contributed by atoms with E-state index in [1.165, 1.54) is 12.5 Å². The Bertz CT molecular complexity index is 876. The van der Waals surface area contributed by atoms with E-state index in [1.54, 1.807) is 24.5 Å². The molecule has 0 unspecified atom stereocenters. The first-order valence-corrected chi connectivity index (χ1v) is 9.85. The molecule has 3 N–H and O–H groups in total. The van der Waals surface area contributed by atoms with Crippen molar-refractivity contribution in [1.82, 2.24) is 25.6 Å². The van der Waals surface area contributed by atoms with Crippen LogP contribution in [0.25, 0.3) is 0 Å². The first-order chi connectivity index (χ1) is 15.5. The van der Waals surface area contributed by atoms with Crippen molar-refractivity contribution < 1.29 is 29.0 Å². The minimum Gasteiger partial charge on any atom is -0.464 e. The number of nitrogens with zero attached hydrogens (tertiary/aromatic N) is 3. The number of esters is 1. The number of ether oxygens (including phenoxy) is 1. The molecule has 2 amide bonds. The lowest BCUT2D eigenvalue weighted by atomic mass is 10.1. The summed E-state index contributed by atoms with van der Waals surface area (Å²) in [5.74, 6) is -1.47. The molecule has 0 aliphatic carbocycles. The number of nitrogens with one attached hydrogen (secondary N) is 3. The van der Waals surface area contributed by atoms with Crippen LogP contribution in [0.3, 0.4) is 0 Å². The summed E-state index contributed by atoms with van der Waals surface area (Å²) in [5, 5.41) is 14.4. The molecule has 0 aliphatic rings. The maximum atomic E-state index is 12.4. The number of hydrogen-bond donors (Lipinski definition) is 3. The highest BCUT2D eigenvalue weighted by atomic mass is 16.9. The molecular weight excluding hydrogens is 424 g/mol. The molecule has 0 radical (unpaired) electrons. The lowest BCUT2D eigenvalue weighted by Gasteiger charge is -2.17. The van der Waals surface area contributed by atoms with Crippen molar-refractivity contribution in [2.45, 2.75) is 31.7 Å². The van der Waals surface area contributed by atoms with Gasteiger partial charge < -0.3 is 25.2 Å². The van der Waals surface area contributed by atoms with Gasteiger partial charge in [-0.25, -0.2) is 9.78 Å². The van der Waals surface area contributed by atoms with Crippen LogP contribution >= 0.6 is 0 Å². The number of pyridine rings is 1. The summed E-state index contributed by atoms with van der Waals surface area (Å²) < 4.78 is 5.17. The quantitative estimate of drug-likeness (QED) is 0.157. The van der Waals surface area contributed by atoms with Crippen molar-refractivity contribution in [3.63, 3.8) is 0 Å². The number of H-pyrrole nitrogens is 1. The third-order valence-corrected chi connectivity index (χ3v) is 4.13. The number of aromatic amines is 1. The highest BCUT2D eigenvalue weighted by molar-refractivity contribution is 5.94. The molecular formula is C19H24N6O7. The van der Waals surface area contributed by atoms with Gasteiger partial charge in [-0.1, -0.05) is 0 Å². The number of carbonyl (C=O) groups excluding carboxylic acids is 3. The number of unbranched alkanes of at least 4 members (excludes halogenated alkanes) is 1. The SMILES string of the molecule is O=C(CCNC(=O)c1cccnc1)N[C@@H](Cc1c[nH]cn1)C(=O)OCCCCO[N+](=O)[O-]. The largest absolute Gasteiger partial charge is 0.464 e. The zero-order valence-electron chi connectivity index (χ0n) is 17.2. The lowest BCUT2D eigenvalue weighted by molar-refractivity contribution is -0.757. The van der Waals surface area contributed by atoms with Gasteiger partial charge >= 0.3 is 5.97 Å². The van der Waals surface area contributed by atoms with Gasteiger partial charge in [0.05, 0.1) is 30.8 Å². The Hall–Kier alpha value is -4.03. The normalized spacial score (nSPS) is 11.2. The molecule has 2 heterocycles. The molecule has 0 saturated heterocycles. The number of hydrogen-bond acceptors (Lipinski definition) is 9. The molecule has 0 bridgehead atoms. The van der Waals surface area contributed by atoms with Crippen molar-refractivity contribution in [3.05, 3.63) is 58.4 Å². The molecule has 172 valence electrons. The van der Waals surface area contributed by atoms with Crippen molar-refractivity contribution >= 4 is 17.8 Å². The predicted molar refractivity (Wildman–Crippen MR) is 109 cm³/mol. The summed E-state index contributed by atoms with van der Waals surface area (Å²) >= 11 is 0. The average molecular weight is 448 g/mol. The minimum absolute atomic E-state index is 0.0218. The third-order valence-electron chi connectivity index (χ3n) is 4.13. The standard InChI is InChI=1S/C19H24N6O7/c26-17(5-7-22-18(27)14-4-3-6-20-11-14)24-16(10-15-12-21-13-23-15)19(28)31-8-1-2-9-32-25(29)30/h3-4,6,11-13,16H,1-2,5,7-10H2,(H,21,23)(H,22,27)(H,24,26)/t16-/m0/s1. The zero-order chi connectivity index (χ0) is 23.2. The van der Waals surface area contributed by atoms with Crippen LogP contribution in [-0.2, 0) is 25.6 Å². The van der Waals surface area contributed by atoms with E-state index in [4.69, 9.17) is 4.74 Å². The summed E-state index contributed by atoms with van der Waals surface area (Å²) in [4.78, 5) is 61.6. The van der Waals surface area contributed by atoms with Crippen LogP contribution in [0.5, 0.6) is 0 Å². The van der Waals surface area contributed by atoms with Crippen LogP contribution in [0.15, 0.2) is 37.1 Å². The van der Waals surface area contributed by atoms with E-state index in [9.17, 15) is 24.5 Å². The Morgan fingerprint density at radius 1 is 1.25 bits per heavy atom. The van der Waals surface area contributed by atoms with E-state index >= 15 is 0 Å². The van der Waals surface area contributed by atoms with E-state index in [0.717, 1.165) is 0 Å². The van der Waals surface area contributed by atoms with E-state index < -0.39 is 23.0 Å². The van der Waals surface area contributed by atoms with Crippen molar-refractivity contribution in [2.24, 2.45) is 0 Å². The Labute approximate surface area is 183 Å². The second kappa shape index (κ2) is 13.3. The Kier molecular flexibility index (Phi) is 10.1. The molecule has 13 nitrogen and oxygen atoms in total. The second-order valence-corrected chi connectivity index (χ2v) is 6.56. The van der Waals surface area contributed by atoms with Gasteiger partial charge in [0.25, 0.3) is 11.0 Å². The zero-order valence-corrected chi connectivity index (χ0v) is 17.2. The number of rotatable bonds is 14. The smallest absolute Gasteiger partial charge is 0.329 e. The maximum Gasteiger partial charge on any atom is 0.329 e. The summed E-state index contributed by atoms with van der Waals surface area (Å²) in [5.41, 5.74) is 0.924. The molecule has 0 spiro atoms. The van der Waals surface area contributed by atoms with Gasteiger partial charge in [-0.2, -0.15) is 0 Å². The molecule has 0 aromatic carbocycles. The van der Waals surface area contributed by atoms with E-state index in [2.05, 4.69) is 30.4 Å². The molecule has 2 aromatic heterocycles. The Morgan fingerprint density at radius 2 is 2.06 bits per heavy atom. The van der Waals surface area contributed by atoms with E-state index in [-0.39, 0.29) is 38.5 Å². The fraction of sp³-hybridized carbons (Fsp3) is 0.421. The third kappa shape index (κ3) is 9.19. The Balaban J connectivity index is 1.78. The summed E-state index contributed by atoms with van der Waals surface area (Å²) in [6, 6.07) is 2.25. The van der Waals surface area contributed by atoms with Gasteiger partial charge in [-0.05, 0) is 25.0 Å². The minimum atomic E-state index is -0.977. The van der Waals surface area contributed by atoms with Crippen molar-refractivity contribution in [2.75, 3.05) is 19.8 Å². The predicted octanol–water partition coefficient (Wildman–Crippen LogP) is 0.184. The van der Waals surface area contributed by atoms with Gasteiger partial charge in [0.1, 0.15) is 6.04 Å². The van der Waals surface area contributed by atoms with Crippen LogP contribution in [0.4, 0.5) is 0 Å². The number of aromatic nitrogens is 3. The van der Waals surface area contributed by atoms with Gasteiger partial charge in [0, 0.05) is 38.0 Å². The van der Waals surface area contributed by atoms with E-state index in [0.29, 0.717) is 24.1 Å². The number of carbonyl (C=O) groups is 3. The van der Waals surface area contributed by atoms with Crippen molar-refractivity contribution in [1.29, 1.82) is 0 Å². The number of amides is 2. The fourth-order valence-electron chi connectivity index (χ4n) is 2.58. The van der Waals surface area contributed by atoms with E-state index in [1.807, 2.05) is 0 Å². The first-order valence-electron chi connectivity index (χ1n) is 9.85. The van der Waals surface area contributed by atoms with Gasteiger partial charge in [-0.3, -0.25) is 14.6 Å². The number of imidazole rings is 1. The lowest BCUT2D eigenvalue weighted by Crippen LogP contribution is -2.44. The summed E-state index contributed by atoms with van der Waals surface area (Å²) in [6.45, 7) is -0.00303. The molecule has 0 fully saturated rings. The molecule has 2 aromatic rings. The molecule has 32 heavy (non-hydrogen) atoms. The molecule has 1 atom stereocenters. The molecule has 13 heteroatoms. The first kappa shape index (κ1) is 24.2. The van der Waals surface area contributed by atoms with Crippen molar-refractivity contribution in [3.8, 4) is 0 Å². The average Bonchev–Trinajstić information content (AvgIpc) is 3.29. The molecule has 2 rings (SSSR count). The van der Waals surface area contributed by atoms with Crippen LogP contribution in [-0.4, -0.2) is 63.6 Å². The summed E-state index contributed by atoms with van der Waals surface area (Å²) in [7, 11) is 0.